The van der Waals surface area contributed by atoms with Crippen LogP contribution in [0.1, 0.15) is 54.9 Å². The lowest BCUT2D eigenvalue weighted by Crippen LogP contribution is -2.42. The molecule has 0 heterocycles. The first-order valence-electron chi connectivity index (χ1n) is 8.88. The number of aliphatic imine (C=N–C) groups is 1. The van der Waals surface area contributed by atoms with Crippen molar-refractivity contribution < 1.29 is 4.79 Å². The number of nitrogens with zero attached hydrogens (tertiary/aromatic N) is 1. The highest BCUT2D eigenvalue weighted by atomic mass is 16.1. The Bertz CT molecular complexity index is 559. The number of carbonyl (C=O) groups is 1. The summed E-state index contributed by atoms with van der Waals surface area (Å²) in [4.78, 5) is 15.9. The second-order valence-electron chi connectivity index (χ2n) is 6.62. The molecule has 0 atom stereocenters. The maximum atomic E-state index is 11.6. The van der Waals surface area contributed by atoms with Gasteiger partial charge in [0, 0.05) is 32.7 Å². The lowest BCUT2D eigenvalue weighted by atomic mass is 9.83. The quantitative estimate of drug-likeness (QED) is 0.555. The summed E-state index contributed by atoms with van der Waals surface area (Å²) >= 11 is 0. The van der Waals surface area contributed by atoms with E-state index in [2.05, 4.69) is 27.9 Å². The van der Waals surface area contributed by atoms with Crippen molar-refractivity contribution >= 4 is 11.9 Å². The van der Waals surface area contributed by atoms with E-state index in [9.17, 15) is 4.79 Å². The molecule has 0 saturated heterocycles. The van der Waals surface area contributed by atoms with Crippen LogP contribution in [0.3, 0.4) is 0 Å². The van der Waals surface area contributed by atoms with Crippen LogP contribution >= 0.6 is 0 Å². The summed E-state index contributed by atoms with van der Waals surface area (Å²) in [5.41, 5.74) is 2.24. The van der Waals surface area contributed by atoms with E-state index in [4.69, 9.17) is 0 Å². The zero-order valence-electron chi connectivity index (χ0n) is 15.1. The predicted octanol–water partition coefficient (Wildman–Crippen LogP) is 2.68. The van der Waals surface area contributed by atoms with Gasteiger partial charge in [-0.15, -0.1) is 0 Å². The zero-order valence-corrected chi connectivity index (χ0v) is 15.1. The van der Waals surface area contributed by atoms with E-state index in [1.54, 1.807) is 14.1 Å². The molecule has 132 valence electrons. The predicted molar refractivity (Wildman–Crippen MR) is 99.2 cm³/mol. The molecule has 3 N–H and O–H groups in total. The highest BCUT2D eigenvalue weighted by Gasteiger charge is 2.31. The molecule has 5 heteroatoms. The van der Waals surface area contributed by atoms with Crippen molar-refractivity contribution in [3.05, 3.63) is 35.4 Å². The van der Waals surface area contributed by atoms with Crippen LogP contribution in [0.15, 0.2) is 29.3 Å². The topological polar surface area (TPSA) is 65.5 Å². The fraction of sp³-hybridized carbons (Fsp3) is 0.579. The molecule has 0 radical (unpaired) electrons. The van der Waals surface area contributed by atoms with Crippen molar-refractivity contribution in [2.75, 3.05) is 20.6 Å². The minimum absolute atomic E-state index is 0.0617. The third-order valence-electron chi connectivity index (χ3n) is 5.17. The molecule has 2 rings (SSSR count). The largest absolute Gasteiger partial charge is 0.356 e. The van der Waals surface area contributed by atoms with Crippen molar-refractivity contribution in [1.82, 2.24) is 16.0 Å². The lowest BCUT2D eigenvalue weighted by Gasteiger charge is -2.28. The van der Waals surface area contributed by atoms with Gasteiger partial charge in [0.1, 0.15) is 0 Å². The van der Waals surface area contributed by atoms with E-state index in [-0.39, 0.29) is 5.91 Å². The second-order valence-corrected chi connectivity index (χ2v) is 6.62. The average Bonchev–Trinajstić information content (AvgIpc) is 3.11. The van der Waals surface area contributed by atoms with E-state index in [1.807, 2.05) is 24.3 Å². The van der Waals surface area contributed by atoms with E-state index < -0.39 is 0 Å². The highest BCUT2D eigenvalue weighted by molar-refractivity contribution is 5.93. The summed E-state index contributed by atoms with van der Waals surface area (Å²) in [5.74, 6) is 0.776. The SMILES string of the molecule is CCC1(CNC(=NC)NCc2ccc(C(=O)NC)cc2)CCCC1. The van der Waals surface area contributed by atoms with Gasteiger partial charge in [0.05, 0.1) is 0 Å². The number of hydrogen-bond donors (Lipinski definition) is 3. The lowest BCUT2D eigenvalue weighted by molar-refractivity contribution is 0.0963. The van der Waals surface area contributed by atoms with Crippen molar-refractivity contribution in [2.45, 2.75) is 45.6 Å². The molecular weight excluding hydrogens is 300 g/mol. The molecule has 0 bridgehead atoms. The number of amides is 1. The van der Waals surface area contributed by atoms with Crippen molar-refractivity contribution in [2.24, 2.45) is 10.4 Å². The van der Waals surface area contributed by atoms with Gasteiger partial charge in [0.15, 0.2) is 5.96 Å². The van der Waals surface area contributed by atoms with E-state index in [0.717, 1.165) is 18.1 Å². The van der Waals surface area contributed by atoms with Crippen molar-refractivity contribution in [3.8, 4) is 0 Å². The first kappa shape index (κ1) is 18.3. The highest BCUT2D eigenvalue weighted by Crippen LogP contribution is 2.40. The summed E-state index contributed by atoms with van der Waals surface area (Å²) in [6, 6.07) is 7.62. The first-order valence-corrected chi connectivity index (χ1v) is 8.88. The third-order valence-corrected chi connectivity index (χ3v) is 5.17. The Balaban J connectivity index is 1.84. The summed E-state index contributed by atoms with van der Waals surface area (Å²) in [7, 11) is 3.44. The molecule has 0 aliphatic heterocycles. The van der Waals surface area contributed by atoms with Crippen LogP contribution in [0.4, 0.5) is 0 Å². The maximum absolute atomic E-state index is 11.6. The normalized spacial score (nSPS) is 16.7. The van der Waals surface area contributed by atoms with Crippen molar-refractivity contribution in [1.29, 1.82) is 0 Å². The molecule has 1 amide bonds. The van der Waals surface area contributed by atoms with Gasteiger partial charge >= 0.3 is 0 Å². The fourth-order valence-electron chi connectivity index (χ4n) is 3.38. The molecular formula is C19H30N4O. The Morgan fingerprint density at radius 3 is 2.38 bits per heavy atom. The Kier molecular flexibility index (Phi) is 6.64. The molecule has 1 aromatic rings. The molecule has 1 saturated carbocycles. The van der Waals surface area contributed by atoms with Gasteiger partial charge in [-0.2, -0.15) is 0 Å². The minimum Gasteiger partial charge on any atom is -0.356 e. The Morgan fingerprint density at radius 1 is 1.17 bits per heavy atom. The fourth-order valence-corrected chi connectivity index (χ4v) is 3.38. The monoisotopic (exact) mass is 330 g/mol. The van der Waals surface area contributed by atoms with Crippen LogP contribution in [0, 0.1) is 5.41 Å². The van der Waals surface area contributed by atoms with Crippen LogP contribution < -0.4 is 16.0 Å². The molecule has 1 fully saturated rings. The average molecular weight is 330 g/mol. The molecule has 24 heavy (non-hydrogen) atoms. The number of hydrogen-bond acceptors (Lipinski definition) is 2. The molecule has 1 aliphatic carbocycles. The van der Waals surface area contributed by atoms with Gasteiger partial charge in [-0.05, 0) is 42.4 Å². The standard InChI is InChI=1S/C19H30N4O/c1-4-19(11-5-6-12-19)14-23-18(21-3)22-13-15-7-9-16(10-8-15)17(24)20-2/h7-10H,4-6,11-14H2,1-3H3,(H,20,24)(H2,21,22,23). The summed E-state index contributed by atoms with van der Waals surface area (Å²) in [6.45, 7) is 3.96. The molecule has 1 aliphatic rings. The smallest absolute Gasteiger partial charge is 0.251 e. The van der Waals surface area contributed by atoms with Crippen molar-refractivity contribution in [3.63, 3.8) is 0 Å². The Hall–Kier alpha value is -2.04. The molecule has 1 aromatic carbocycles. The number of guanidine groups is 1. The Labute approximate surface area is 145 Å². The minimum atomic E-state index is -0.0617. The summed E-state index contributed by atoms with van der Waals surface area (Å²) in [6.07, 6.45) is 6.54. The van der Waals surface area contributed by atoms with Crippen LogP contribution in [-0.2, 0) is 6.54 Å². The number of rotatable bonds is 6. The van der Waals surface area contributed by atoms with E-state index >= 15 is 0 Å². The second kappa shape index (κ2) is 8.71. The summed E-state index contributed by atoms with van der Waals surface area (Å²) < 4.78 is 0. The van der Waals surface area contributed by atoms with Gasteiger partial charge in [-0.1, -0.05) is 31.9 Å². The van der Waals surface area contributed by atoms with Gasteiger partial charge < -0.3 is 16.0 Å². The molecule has 0 spiro atoms. The zero-order chi connectivity index (χ0) is 17.4. The van der Waals surface area contributed by atoms with Gasteiger partial charge in [-0.3, -0.25) is 9.79 Å². The number of benzene rings is 1. The summed E-state index contributed by atoms with van der Waals surface area (Å²) in [5, 5.41) is 9.47. The van der Waals surface area contributed by atoms with Crippen LogP contribution in [0.2, 0.25) is 0 Å². The van der Waals surface area contributed by atoms with E-state index in [0.29, 0.717) is 17.5 Å². The van der Waals surface area contributed by atoms with Gasteiger partial charge in [-0.25, -0.2) is 0 Å². The van der Waals surface area contributed by atoms with Gasteiger partial charge in [0.25, 0.3) is 5.91 Å². The van der Waals surface area contributed by atoms with Crippen LogP contribution in [-0.4, -0.2) is 32.5 Å². The molecule has 0 aromatic heterocycles. The number of nitrogens with one attached hydrogen (secondary N) is 3. The first-order chi connectivity index (χ1) is 11.6. The van der Waals surface area contributed by atoms with Crippen LogP contribution in [0.5, 0.6) is 0 Å². The Morgan fingerprint density at radius 2 is 1.83 bits per heavy atom. The maximum Gasteiger partial charge on any atom is 0.251 e. The third kappa shape index (κ3) is 4.73. The molecule has 5 nitrogen and oxygen atoms in total. The van der Waals surface area contributed by atoms with Gasteiger partial charge in [0.2, 0.25) is 0 Å². The van der Waals surface area contributed by atoms with Crippen LogP contribution in [0.25, 0.3) is 0 Å². The van der Waals surface area contributed by atoms with E-state index in [1.165, 1.54) is 32.1 Å². The number of carbonyl (C=O) groups excluding carboxylic acids is 1. The molecule has 0 unspecified atom stereocenters.